The third-order valence-corrected chi connectivity index (χ3v) is 4.30. The zero-order valence-corrected chi connectivity index (χ0v) is 13.0. The average molecular weight is 370 g/mol. The van der Waals surface area contributed by atoms with Crippen LogP contribution in [0.2, 0.25) is 0 Å². The summed E-state index contributed by atoms with van der Waals surface area (Å²) in [5.41, 5.74) is 0. The maximum Gasteiger partial charge on any atom is 0.181 e. The van der Waals surface area contributed by atoms with Crippen LogP contribution in [0.15, 0.2) is 25.3 Å². The summed E-state index contributed by atoms with van der Waals surface area (Å²) in [5.74, 6) is -1.24. The SMILES string of the molecule is C=CCOC1(CBr)CCC(CBr)(OCC=C)O1. The summed E-state index contributed by atoms with van der Waals surface area (Å²) in [4.78, 5) is 0. The lowest BCUT2D eigenvalue weighted by Gasteiger charge is -2.32. The van der Waals surface area contributed by atoms with Crippen LogP contribution in [-0.2, 0) is 14.2 Å². The normalized spacial score (nSPS) is 32.6. The van der Waals surface area contributed by atoms with Crippen molar-refractivity contribution >= 4 is 31.9 Å². The standard InChI is InChI=1S/C12H18Br2O3/c1-3-7-15-11(9-13)5-6-12(10-14,17-11)16-8-4-2/h3-4H,1-2,5-10H2. The highest BCUT2D eigenvalue weighted by Crippen LogP contribution is 2.41. The maximum absolute atomic E-state index is 6.01. The third-order valence-electron chi connectivity index (χ3n) is 2.59. The Bertz CT molecular complexity index is 246. The first-order valence-corrected chi connectivity index (χ1v) is 7.72. The van der Waals surface area contributed by atoms with E-state index in [9.17, 15) is 0 Å². The molecule has 3 nitrogen and oxygen atoms in total. The van der Waals surface area contributed by atoms with E-state index < -0.39 is 11.6 Å². The molecule has 1 heterocycles. The summed E-state index contributed by atoms with van der Waals surface area (Å²) in [6.45, 7) is 8.21. The van der Waals surface area contributed by atoms with E-state index in [0.29, 0.717) is 23.9 Å². The first-order chi connectivity index (χ1) is 8.16. The summed E-state index contributed by atoms with van der Waals surface area (Å²) >= 11 is 6.87. The van der Waals surface area contributed by atoms with Crippen LogP contribution in [-0.4, -0.2) is 35.4 Å². The van der Waals surface area contributed by atoms with Gasteiger partial charge in [-0.3, -0.25) is 0 Å². The highest BCUT2D eigenvalue weighted by atomic mass is 79.9. The number of alkyl halides is 2. The molecule has 2 atom stereocenters. The number of hydrogen-bond acceptors (Lipinski definition) is 3. The molecular formula is C12H18Br2O3. The molecule has 98 valence electrons. The van der Waals surface area contributed by atoms with Gasteiger partial charge >= 0.3 is 0 Å². The quantitative estimate of drug-likeness (QED) is 0.485. The molecule has 0 bridgehead atoms. The van der Waals surface area contributed by atoms with Crippen LogP contribution in [0.3, 0.4) is 0 Å². The molecule has 0 N–H and O–H groups in total. The topological polar surface area (TPSA) is 27.7 Å². The Hall–Kier alpha value is 0.320. The third kappa shape index (κ3) is 3.89. The first-order valence-electron chi connectivity index (χ1n) is 5.48. The average Bonchev–Trinajstić information content (AvgIpc) is 2.75. The van der Waals surface area contributed by atoms with Crippen molar-refractivity contribution < 1.29 is 14.2 Å². The van der Waals surface area contributed by atoms with Crippen LogP contribution in [0.25, 0.3) is 0 Å². The van der Waals surface area contributed by atoms with Gasteiger partial charge < -0.3 is 14.2 Å². The summed E-state index contributed by atoms with van der Waals surface area (Å²) in [5, 5.41) is 1.22. The highest BCUT2D eigenvalue weighted by molar-refractivity contribution is 9.09. The Balaban J connectivity index is 2.67. The molecule has 1 aliphatic rings. The molecule has 0 spiro atoms. The van der Waals surface area contributed by atoms with Crippen molar-refractivity contribution in [3.05, 3.63) is 25.3 Å². The van der Waals surface area contributed by atoms with Gasteiger partial charge in [-0.15, -0.1) is 13.2 Å². The maximum atomic E-state index is 6.01. The Morgan fingerprint density at radius 1 is 1.00 bits per heavy atom. The highest BCUT2D eigenvalue weighted by Gasteiger charge is 2.50. The van der Waals surface area contributed by atoms with Crippen LogP contribution in [0.1, 0.15) is 12.8 Å². The van der Waals surface area contributed by atoms with Crippen molar-refractivity contribution in [2.45, 2.75) is 24.4 Å². The van der Waals surface area contributed by atoms with Crippen molar-refractivity contribution in [1.82, 2.24) is 0 Å². The first kappa shape index (κ1) is 15.4. The molecule has 1 saturated heterocycles. The second-order valence-electron chi connectivity index (χ2n) is 3.89. The van der Waals surface area contributed by atoms with Crippen LogP contribution in [0.4, 0.5) is 0 Å². The van der Waals surface area contributed by atoms with E-state index in [1.165, 1.54) is 0 Å². The van der Waals surface area contributed by atoms with Crippen LogP contribution in [0.5, 0.6) is 0 Å². The molecule has 2 unspecified atom stereocenters. The lowest BCUT2D eigenvalue weighted by Crippen LogP contribution is -2.42. The Morgan fingerprint density at radius 3 is 1.71 bits per heavy atom. The van der Waals surface area contributed by atoms with Gasteiger partial charge in [0.1, 0.15) is 0 Å². The predicted octanol–water partition coefficient (Wildman–Crippen LogP) is 3.38. The zero-order chi connectivity index (χ0) is 12.8. The molecule has 0 saturated carbocycles. The van der Waals surface area contributed by atoms with E-state index in [1.54, 1.807) is 12.2 Å². The minimum absolute atomic E-state index is 0.464. The Kier molecular flexibility index (Phi) is 6.37. The van der Waals surface area contributed by atoms with Gasteiger partial charge in [0, 0.05) is 12.8 Å². The second-order valence-corrected chi connectivity index (χ2v) is 5.01. The van der Waals surface area contributed by atoms with Gasteiger partial charge in [-0.05, 0) is 0 Å². The van der Waals surface area contributed by atoms with Gasteiger partial charge in [-0.1, -0.05) is 44.0 Å². The van der Waals surface area contributed by atoms with E-state index in [4.69, 9.17) is 14.2 Å². The zero-order valence-electron chi connectivity index (χ0n) is 9.79. The van der Waals surface area contributed by atoms with E-state index >= 15 is 0 Å². The fourth-order valence-electron chi connectivity index (χ4n) is 1.71. The molecule has 0 radical (unpaired) electrons. The summed E-state index contributed by atoms with van der Waals surface area (Å²) in [6, 6.07) is 0. The number of ether oxygens (including phenoxy) is 3. The van der Waals surface area contributed by atoms with E-state index in [0.717, 1.165) is 12.8 Å². The molecule has 5 heteroatoms. The molecule has 0 aliphatic carbocycles. The van der Waals surface area contributed by atoms with Crippen LogP contribution < -0.4 is 0 Å². The second kappa shape index (κ2) is 7.04. The van der Waals surface area contributed by atoms with Gasteiger partial charge in [0.2, 0.25) is 0 Å². The van der Waals surface area contributed by atoms with Crippen molar-refractivity contribution in [3.8, 4) is 0 Å². The minimum atomic E-state index is -0.622. The summed E-state index contributed by atoms with van der Waals surface area (Å²) in [7, 11) is 0. The lowest BCUT2D eigenvalue weighted by molar-refractivity contribution is -0.296. The van der Waals surface area contributed by atoms with Crippen molar-refractivity contribution in [2.75, 3.05) is 23.9 Å². The molecule has 0 aromatic heterocycles. The molecule has 1 rings (SSSR count). The van der Waals surface area contributed by atoms with Gasteiger partial charge in [0.05, 0.1) is 23.9 Å². The van der Waals surface area contributed by atoms with Crippen LogP contribution in [0, 0.1) is 0 Å². The summed E-state index contributed by atoms with van der Waals surface area (Å²) < 4.78 is 17.4. The van der Waals surface area contributed by atoms with Gasteiger partial charge in [-0.25, -0.2) is 0 Å². The van der Waals surface area contributed by atoms with Crippen LogP contribution >= 0.6 is 31.9 Å². The summed E-state index contributed by atoms with van der Waals surface area (Å²) in [6.07, 6.45) is 5.00. The van der Waals surface area contributed by atoms with Gasteiger partial charge in [0.25, 0.3) is 0 Å². The molecule has 1 fully saturated rings. The van der Waals surface area contributed by atoms with E-state index in [1.807, 2.05) is 0 Å². The number of halogens is 2. The number of hydrogen-bond donors (Lipinski definition) is 0. The monoisotopic (exact) mass is 368 g/mol. The van der Waals surface area contributed by atoms with E-state index in [-0.39, 0.29) is 0 Å². The van der Waals surface area contributed by atoms with Gasteiger partial charge in [0.15, 0.2) is 11.6 Å². The molecule has 0 aromatic rings. The predicted molar refractivity (Wildman–Crippen MR) is 75.7 cm³/mol. The molecule has 0 aromatic carbocycles. The Morgan fingerprint density at radius 2 is 1.41 bits per heavy atom. The molecule has 17 heavy (non-hydrogen) atoms. The van der Waals surface area contributed by atoms with Crippen molar-refractivity contribution in [3.63, 3.8) is 0 Å². The fraction of sp³-hybridized carbons (Fsp3) is 0.667. The Labute approximate surface area is 119 Å². The molecular weight excluding hydrogens is 352 g/mol. The van der Waals surface area contributed by atoms with Gasteiger partial charge in [-0.2, -0.15) is 0 Å². The fourth-order valence-corrected chi connectivity index (χ4v) is 2.83. The molecule has 0 amide bonds. The van der Waals surface area contributed by atoms with Crippen molar-refractivity contribution in [2.24, 2.45) is 0 Å². The number of rotatable bonds is 8. The van der Waals surface area contributed by atoms with E-state index in [2.05, 4.69) is 45.0 Å². The largest absolute Gasteiger partial charge is 0.345 e. The lowest BCUT2D eigenvalue weighted by atomic mass is 10.1. The smallest absolute Gasteiger partial charge is 0.181 e. The van der Waals surface area contributed by atoms with Crippen molar-refractivity contribution in [1.29, 1.82) is 0 Å². The molecule has 1 aliphatic heterocycles. The minimum Gasteiger partial charge on any atom is -0.345 e.